The normalized spacial score (nSPS) is 11.7. The Kier molecular flexibility index (Phi) is 7.47. The standard InChI is InChI=1S/C11H19N3O4/c1-8(2)14(6-3-5-12)11(18)13-9(4-7-15)10(16)17/h8-9,15H,3-4,6-7H2,1-2H3,(H,13,18)(H,16,17)/t9-/m0/s1. The molecule has 3 N–H and O–H groups in total. The number of carboxylic acid groups (broad SMARTS) is 1. The number of aliphatic carboxylic acids is 1. The third kappa shape index (κ3) is 5.50. The van der Waals surface area contributed by atoms with Crippen LogP contribution < -0.4 is 5.32 Å². The molecule has 0 spiro atoms. The van der Waals surface area contributed by atoms with Crippen LogP contribution in [0.4, 0.5) is 4.79 Å². The Morgan fingerprint density at radius 1 is 1.44 bits per heavy atom. The van der Waals surface area contributed by atoms with Crippen LogP contribution in [0.1, 0.15) is 26.7 Å². The fourth-order valence-corrected chi connectivity index (χ4v) is 1.38. The third-order valence-corrected chi connectivity index (χ3v) is 2.36. The van der Waals surface area contributed by atoms with E-state index in [2.05, 4.69) is 5.32 Å². The van der Waals surface area contributed by atoms with E-state index in [-0.39, 0.29) is 32.0 Å². The molecular weight excluding hydrogens is 238 g/mol. The molecule has 0 heterocycles. The molecule has 0 aromatic rings. The number of amides is 2. The molecule has 0 rings (SSSR count). The van der Waals surface area contributed by atoms with Gasteiger partial charge in [0.1, 0.15) is 6.04 Å². The van der Waals surface area contributed by atoms with E-state index in [0.717, 1.165) is 0 Å². The average molecular weight is 257 g/mol. The molecule has 18 heavy (non-hydrogen) atoms. The number of carboxylic acids is 1. The van der Waals surface area contributed by atoms with Crippen molar-refractivity contribution in [3.05, 3.63) is 0 Å². The number of carbonyl (C=O) groups is 2. The van der Waals surface area contributed by atoms with Crippen LogP contribution in [0, 0.1) is 11.3 Å². The summed E-state index contributed by atoms with van der Waals surface area (Å²) in [6.07, 6.45) is 0.134. The number of aliphatic hydroxyl groups is 1. The number of nitrogens with zero attached hydrogens (tertiary/aromatic N) is 2. The fourth-order valence-electron chi connectivity index (χ4n) is 1.38. The van der Waals surface area contributed by atoms with Gasteiger partial charge in [-0.05, 0) is 13.8 Å². The molecule has 0 aliphatic heterocycles. The summed E-state index contributed by atoms with van der Waals surface area (Å²) >= 11 is 0. The number of rotatable bonds is 7. The summed E-state index contributed by atoms with van der Waals surface area (Å²) in [5.74, 6) is -1.19. The lowest BCUT2D eigenvalue weighted by Crippen LogP contribution is -2.50. The van der Waals surface area contributed by atoms with Gasteiger partial charge in [0.15, 0.2) is 0 Å². The van der Waals surface area contributed by atoms with Crippen molar-refractivity contribution in [3.8, 4) is 6.07 Å². The maximum absolute atomic E-state index is 11.8. The van der Waals surface area contributed by atoms with E-state index in [1.807, 2.05) is 6.07 Å². The first-order chi connectivity index (χ1) is 8.43. The van der Waals surface area contributed by atoms with Crippen LogP contribution in [0.3, 0.4) is 0 Å². The summed E-state index contributed by atoms with van der Waals surface area (Å²) in [6.45, 7) is 3.47. The highest BCUT2D eigenvalue weighted by molar-refractivity contribution is 5.82. The molecule has 2 amide bonds. The largest absolute Gasteiger partial charge is 0.480 e. The summed E-state index contributed by atoms with van der Waals surface area (Å²) in [5.41, 5.74) is 0. The van der Waals surface area contributed by atoms with Gasteiger partial charge in [-0.1, -0.05) is 0 Å². The Bertz CT molecular complexity index is 325. The van der Waals surface area contributed by atoms with E-state index >= 15 is 0 Å². The maximum atomic E-state index is 11.8. The Hall–Kier alpha value is -1.81. The molecule has 0 bridgehead atoms. The van der Waals surface area contributed by atoms with Crippen molar-refractivity contribution in [3.63, 3.8) is 0 Å². The lowest BCUT2D eigenvalue weighted by molar-refractivity contribution is -0.139. The summed E-state index contributed by atoms with van der Waals surface area (Å²) in [5, 5.41) is 28.4. The quantitative estimate of drug-likeness (QED) is 0.601. The monoisotopic (exact) mass is 257 g/mol. The van der Waals surface area contributed by atoms with Gasteiger partial charge < -0.3 is 20.4 Å². The number of hydrogen-bond acceptors (Lipinski definition) is 4. The van der Waals surface area contributed by atoms with Gasteiger partial charge in [0, 0.05) is 25.6 Å². The highest BCUT2D eigenvalue weighted by Gasteiger charge is 2.23. The smallest absolute Gasteiger partial charge is 0.326 e. The highest BCUT2D eigenvalue weighted by Crippen LogP contribution is 2.02. The summed E-state index contributed by atoms with van der Waals surface area (Å²) in [6, 6.07) is 0.134. The molecule has 0 saturated heterocycles. The molecule has 0 aliphatic carbocycles. The molecule has 7 heteroatoms. The molecule has 0 aromatic carbocycles. The molecule has 0 radical (unpaired) electrons. The summed E-state index contributed by atoms with van der Waals surface area (Å²) < 4.78 is 0. The van der Waals surface area contributed by atoms with Gasteiger partial charge in [-0.3, -0.25) is 0 Å². The first-order valence-corrected chi connectivity index (χ1v) is 5.71. The van der Waals surface area contributed by atoms with Gasteiger partial charge in [0.05, 0.1) is 12.5 Å². The predicted molar refractivity (Wildman–Crippen MR) is 63.7 cm³/mol. The molecule has 102 valence electrons. The van der Waals surface area contributed by atoms with Crippen LogP contribution in [0.15, 0.2) is 0 Å². The van der Waals surface area contributed by atoms with Crippen LogP contribution in [0.5, 0.6) is 0 Å². The minimum absolute atomic E-state index is 0.0503. The molecule has 0 aliphatic rings. The Morgan fingerprint density at radius 2 is 2.06 bits per heavy atom. The van der Waals surface area contributed by atoms with Crippen molar-refractivity contribution in [1.29, 1.82) is 5.26 Å². The topological polar surface area (TPSA) is 114 Å². The van der Waals surface area contributed by atoms with Crippen LogP contribution in [-0.4, -0.2) is 52.3 Å². The highest BCUT2D eigenvalue weighted by atomic mass is 16.4. The minimum Gasteiger partial charge on any atom is -0.480 e. The lowest BCUT2D eigenvalue weighted by Gasteiger charge is -2.27. The van der Waals surface area contributed by atoms with E-state index in [4.69, 9.17) is 15.5 Å². The average Bonchev–Trinajstić information content (AvgIpc) is 2.28. The van der Waals surface area contributed by atoms with Crippen molar-refractivity contribution >= 4 is 12.0 Å². The number of hydrogen-bond donors (Lipinski definition) is 3. The molecule has 0 aromatic heterocycles. The molecule has 1 atom stereocenters. The van der Waals surface area contributed by atoms with Crippen LogP contribution in [0.25, 0.3) is 0 Å². The molecule has 0 fully saturated rings. The van der Waals surface area contributed by atoms with Gasteiger partial charge in [-0.2, -0.15) is 5.26 Å². The second kappa shape index (κ2) is 8.31. The second-order valence-electron chi connectivity index (χ2n) is 4.05. The van der Waals surface area contributed by atoms with E-state index < -0.39 is 18.0 Å². The summed E-state index contributed by atoms with van der Waals surface area (Å²) in [4.78, 5) is 24.1. The number of aliphatic hydroxyl groups excluding tert-OH is 1. The Balaban J connectivity index is 4.57. The minimum atomic E-state index is -1.19. The van der Waals surface area contributed by atoms with Crippen molar-refractivity contribution in [2.75, 3.05) is 13.2 Å². The first-order valence-electron chi connectivity index (χ1n) is 5.71. The van der Waals surface area contributed by atoms with Crippen LogP contribution >= 0.6 is 0 Å². The number of nitrogens with one attached hydrogen (secondary N) is 1. The number of urea groups is 1. The molecule has 0 unspecified atom stereocenters. The fraction of sp³-hybridized carbons (Fsp3) is 0.727. The van der Waals surface area contributed by atoms with Crippen molar-refractivity contribution < 1.29 is 19.8 Å². The van der Waals surface area contributed by atoms with E-state index in [0.29, 0.717) is 0 Å². The Labute approximate surface area is 106 Å². The maximum Gasteiger partial charge on any atom is 0.326 e. The van der Waals surface area contributed by atoms with Gasteiger partial charge in [-0.25, -0.2) is 9.59 Å². The van der Waals surface area contributed by atoms with Gasteiger partial charge in [0.25, 0.3) is 0 Å². The van der Waals surface area contributed by atoms with Crippen molar-refractivity contribution in [2.45, 2.75) is 38.8 Å². The summed E-state index contributed by atoms with van der Waals surface area (Å²) in [7, 11) is 0. The van der Waals surface area contributed by atoms with E-state index in [1.165, 1.54) is 4.90 Å². The van der Waals surface area contributed by atoms with Crippen molar-refractivity contribution in [1.82, 2.24) is 10.2 Å². The van der Waals surface area contributed by atoms with Gasteiger partial charge in [0.2, 0.25) is 0 Å². The predicted octanol–water partition coefficient (Wildman–Crippen LogP) is 0.156. The molecule has 0 saturated carbocycles. The number of carbonyl (C=O) groups excluding carboxylic acids is 1. The molecular formula is C11H19N3O4. The second-order valence-corrected chi connectivity index (χ2v) is 4.05. The third-order valence-electron chi connectivity index (χ3n) is 2.36. The zero-order valence-electron chi connectivity index (χ0n) is 10.6. The van der Waals surface area contributed by atoms with Crippen LogP contribution in [-0.2, 0) is 4.79 Å². The number of nitriles is 1. The van der Waals surface area contributed by atoms with Crippen molar-refractivity contribution in [2.24, 2.45) is 0 Å². The van der Waals surface area contributed by atoms with Gasteiger partial charge in [-0.15, -0.1) is 0 Å². The Morgan fingerprint density at radius 3 is 2.44 bits per heavy atom. The SMILES string of the molecule is CC(C)N(CCC#N)C(=O)N[C@@H](CCO)C(=O)O. The first kappa shape index (κ1) is 16.2. The lowest BCUT2D eigenvalue weighted by atomic mass is 10.2. The zero-order chi connectivity index (χ0) is 14.1. The van der Waals surface area contributed by atoms with E-state index in [9.17, 15) is 9.59 Å². The van der Waals surface area contributed by atoms with E-state index in [1.54, 1.807) is 13.8 Å². The van der Waals surface area contributed by atoms with Gasteiger partial charge >= 0.3 is 12.0 Å². The zero-order valence-corrected chi connectivity index (χ0v) is 10.6. The molecule has 7 nitrogen and oxygen atoms in total. The van der Waals surface area contributed by atoms with Crippen LogP contribution in [0.2, 0.25) is 0 Å².